The zero-order chi connectivity index (χ0) is 20.1. The first-order valence-corrected chi connectivity index (χ1v) is 9.70. The molecule has 0 saturated heterocycles. The van der Waals surface area contributed by atoms with E-state index in [1.54, 1.807) is 12.1 Å². The summed E-state index contributed by atoms with van der Waals surface area (Å²) in [6.45, 7) is 4.02. The number of benzene rings is 2. The van der Waals surface area contributed by atoms with Crippen LogP contribution in [0.1, 0.15) is 36.6 Å². The minimum atomic E-state index is -4.36. The second-order valence-corrected chi connectivity index (χ2v) is 7.41. The average Bonchev–Trinajstić information content (AvgIpc) is 2.66. The third kappa shape index (κ3) is 5.48. The highest BCUT2D eigenvalue weighted by molar-refractivity contribution is 7.98. The fraction of sp³-hybridized carbons (Fsp3) is 0.238. The van der Waals surface area contributed by atoms with Crippen LogP contribution in [0.3, 0.4) is 0 Å². The predicted octanol–water partition coefficient (Wildman–Crippen LogP) is 6.70. The van der Waals surface area contributed by atoms with Gasteiger partial charge < -0.3 is 4.74 Å². The summed E-state index contributed by atoms with van der Waals surface area (Å²) in [6, 6.07) is 16.3. The van der Waals surface area contributed by atoms with Crippen LogP contribution in [-0.4, -0.2) is 9.97 Å². The van der Waals surface area contributed by atoms with Crippen molar-refractivity contribution >= 4 is 11.8 Å². The number of aromatic nitrogens is 2. The van der Waals surface area contributed by atoms with E-state index in [2.05, 4.69) is 9.97 Å². The Bertz CT molecular complexity index is 930. The number of nitrogens with zero attached hydrogens (tertiary/aromatic N) is 2. The van der Waals surface area contributed by atoms with E-state index in [1.165, 1.54) is 17.8 Å². The van der Waals surface area contributed by atoms with Crippen LogP contribution in [0.5, 0.6) is 11.6 Å². The van der Waals surface area contributed by atoms with Gasteiger partial charge >= 0.3 is 6.18 Å². The highest BCUT2D eigenvalue weighted by Gasteiger charge is 2.30. The van der Waals surface area contributed by atoms with Gasteiger partial charge in [-0.05, 0) is 29.7 Å². The summed E-state index contributed by atoms with van der Waals surface area (Å²) in [5, 5.41) is 0.467. The summed E-state index contributed by atoms with van der Waals surface area (Å²) in [5.74, 6) is 1.56. The maximum absolute atomic E-state index is 12.9. The van der Waals surface area contributed by atoms with E-state index >= 15 is 0 Å². The van der Waals surface area contributed by atoms with E-state index in [0.29, 0.717) is 28.1 Å². The van der Waals surface area contributed by atoms with E-state index < -0.39 is 11.7 Å². The number of para-hydroxylation sites is 1. The third-order valence-electron chi connectivity index (χ3n) is 3.88. The van der Waals surface area contributed by atoms with Crippen molar-refractivity contribution < 1.29 is 17.9 Å². The lowest BCUT2D eigenvalue weighted by atomic mass is 10.1. The standard InChI is InChI=1S/C21H19F3N2OS/c1-14(2)18-12-19(27-17-9-4-3-5-10-17)26-20(25-18)28-13-15-7-6-8-16(11-15)21(22,23)24/h3-12,14H,13H2,1-2H3. The van der Waals surface area contributed by atoms with Gasteiger partial charge in [-0.3, -0.25) is 0 Å². The van der Waals surface area contributed by atoms with Crippen molar-refractivity contribution in [3.05, 3.63) is 77.5 Å². The molecule has 0 aliphatic carbocycles. The number of alkyl halides is 3. The van der Waals surface area contributed by atoms with Crippen molar-refractivity contribution in [3.8, 4) is 11.6 Å². The summed E-state index contributed by atoms with van der Waals surface area (Å²) in [7, 11) is 0. The summed E-state index contributed by atoms with van der Waals surface area (Å²) < 4.78 is 44.5. The molecule has 0 atom stereocenters. The van der Waals surface area contributed by atoms with Crippen molar-refractivity contribution in [2.75, 3.05) is 0 Å². The molecule has 3 aromatic rings. The number of ether oxygens (including phenoxy) is 1. The first kappa shape index (κ1) is 20.2. The summed E-state index contributed by atoms with van der Waals surface area (Å²) in [6.07, 6.45) is -4.36. The molecule has 0 spiro atoms. The smallest absolute Gasteiger partial charge is 0.416 e. The van der Waals surface area contributed by atoms with Crippen molar-refractivity contribution in [1.82, 2.24) is 9.97 Å². The van der Waals surface area contributed by atoms with Crippen LogP contribution in [0.2, 0.25) is 0 Å². The van der Waals surface area contributed by atoms with Crippen LogP contribution in [0.4, 0.5) is 13.2 Å². The molecule has 2 aromatic carbocycles. The van der Waals surface area contributed by atoms with Gasteiger partial charge in [-0.2, -0.15) is 18.2 Å². The molecular formula is C21H19F3N2OS. The Kier molecular flexibility index (Phi) is 6.24. The van der Waals surface area contributed by atoms with Crippen LogP contribution in [0.25, 0.3) is 0 Å². The molecule has 0 amide bonds. The van der Waals surface area contributed by atoms with Crippen LogP contribution in [-0.2, 0) is 11.9 Å². The molecule has 7 heteroatoms. The van der Waals surface area contributed by atoms with Gasteiger partial charge in [0.2, 0.25) is 5.88 Å². The molecule has 0 bridgehead atoms. The molecular weight excluding hydrogens is 385 g/mol. The average molecular weight is 404 g/mol. The molecule has 3 rings (SSSR count). The molecule has 0 N–H and O–H groups in total. The maximum atomic E-state index is 12.9. The summed E-state index contributed by atoms with van der Waals surface area (Å²) in [5.41, 5.74) is 0.715. The highest BCUT2D eigenvalue weighted by atomic mass is 32.2. The lowest BCUT2D eigenvalue weighted by Gasteiger charge is -2.11. The molecule has 1 heterocycles. The Morgan fingerprint density at radius 3 is 2.39 bits per heavy atom. The Balaban J connectivity index is 1.79. The minimum absolute atomic E-state index is 0.161. The Morgan fingerprint density at radius 2 is 1.71 bits per heavy atom. The zero-order valence-electron chi connectivity index (χ0n) is 15.4. The molecule has 0 aliphatic heterocycles. The Labute approximate surface area is 166 Å². The minimum Gasteiger partial charge on any atom is -0.439 e. The van der Waals surface area contributed by atoms with Gasteiger partial charge in [0.25, 0.3) is 0 Å². The molecule has 0 unspecified atom stereocenters. The molecule has 0 fully saturated rings. The molecule has 0 saturated carbocycles. The van der Waals surface area contributed by atoms with Crippen molar-refractivity contribution in [2.45, 2.75) is 36.9 Å². The predicted molar refractivity (Wildman–Crippen MR) is 104 cm³/mol. The third-order valence-corrected chi connectivity index (χ3v) is 4.80. The van der Waals surface area contributed by atoms with E-state index in [0.717, 1.165) is 17.8 Å². The van der Waals surface area contributed by atoms with Gasteiger partial charge in [0, 0.05) is 11.8 Å². The van der Waals surface area contributed by atoms with Gasteiger partial charge in [-0.15, -0.1) is 0 Å². The van der Waals surface area contributed by atoms with Gasteiger partial charge in [0.05, 0.1) is 11.3 Å². The molecule has 1 aromatic heterocycles. The van der Waals surface area contributed by atoms with Gasteiger partial charge in [0.15, 0.2) is 5.16 Å². The topological polar surface area (TPSA) is 35.0 Å². The van der Waals surface area contributed by atoms with E-state index in [4.69, 9.17) is 4.74 Å². The molecule has 146 valence electrons. The lowest BCUT2D eigenvalue weighted by Crippen LogP contribution is -2.05. The maximum Gasteiger partial charge on any atom is 0.416 e. The van der Waals surface area contributed by atoms with Gasteiger partial charge in [-0.25, -0.2) is 4.98 Å². The lowest BCUT2D eigenvalue weighted by molar-refractivity contribution is -0.137. The monoisotopic (exact) mass is 404 g/mol. The zero-order valence-corrected chi connectivity index (χ0v) is 16.2. The number of halogens is 3. The largest absolute Gasteiger partial charge is 0.439 e. The van der Waals surface area contributed by atoms with Crippen LogP contribution >= 0.6 is 11.8 Å². The first-order chi connectivity index (χ1) is 13.3. The normalized spacial score (nSPS) is 11.6. The van der Waals surface area contributed by atoms with Crippen LogP contribution in [0, 0.1) is 0 Å². The SMILES string of the molecule is CC(C)c1cc(Oc2ccccc2)nc(SCc2cccc(C(F)(F)F)c2)n1. The summed E-state index contributed by atoms with van der Waals surface area (Å²) >= 11 is 1.28. The van der Waals surface area contributed by atoms with Crippen molar-refractivity contribution in [3.63, 3.8) is 0 Å². The number of rotatable bonds is 6. The number of hydrogen-bond acceptors (Lipinski definition) is 4. The molecule has 3 nitrogen and oxygen atoms in total. The van der Waals surface area contributed by atoms with E-state index in [-0.39, 0.29) is 5.92 Å². The Morgan fingerprint density at radius 1 is 0.964 bits per heavy atom. The van der Waals surface area contributed by atoms with Gasteiger partial charge in [0.1, 0.15) is 5.75 Å². The number of hydrogen-bond donors (Lipinski definition) is 0. The fourth-order valence-corrected chi connectivity index (χ4v) is 3.23. The van der Waals surface area contributed by atoms with Gasteiger partial charge in [-0.1, -0.05) is 62.0 Å². The molecule has 28 heavy (non-hydrogen) atoms. The van der Waals surface area contributed by atoms with Crippen LogP contribution < -0.4 is 4.74 Å². The fourth-order valence-electron chi connectivity index (χ4n) is 2.43. The quantitative estimate of drug-likeness (QED) is 0.338. The van der Waals surface area contributed by atoms with Crippen molar-refractivity contribution in [2.24, 2.45) is 0 Å². The Hall–Kier alpha value is -2.54. The second-order valence-electron chi connectivity index (χ2n) is 6.47. The summed E-state index contributed by atoms with van der Waals surface area (Å²) in [4.78, 5) is 8.92. The highest BCUT2D eigenvalue weighted by Crippen LogP contribution is 2.31. The van der Waals surface area contributed by atoms with Crippen LogP contribution in [0.15, 0.2) is 65.8 Å². The first-order valence-electron chi connectivity index (χ1n) is 8.72. The molecule has 0 aliphatic rings. The van der Waals surface area contributed by atoms with E-state index in [9.17, 15) is 13.2 Å². The van der Waals surface area contributed by atoms with Crippen molar-refractivity contribution in [1.29, 1.82) is 0 Å². The number of thioether (sulfide) groups is 1. The second kappa shape index (κ2) is 8.65. The van der Waals surface area contributed by atoms with E-state index in [1.807, 2.05) is 44.2 Å². The molecule has 0 radical (unpaired) electrons.